The van der Waals surface area contributed by atoms with Gasteiger partial charge in [0, 0.05) is 11.3 Å². The van der Waals surface area contributed by atoms with E-state index in [1.54, 1.807) is 0 Å². The molecule has 0 heterocycles. The molecule has 0 fully saturated rings. The number of allylic oxidation sites excluding steroid dienone is 4. The summed E-state index contributed by atoms with van der Waals surface area (Å²) in [7, 11) is 0. The van der Waals surface area contributed by atoms with Crippen molar-refractivity contribution in [3.05, 3.63) is 275 Å². The van der Waals surface area contributed by atoms with Gasteiger partial charge in [0.2, 0.25) is 0 Å². The topological polar surface area (TPSA) is 18.5 Å². The monoisotopic (exact) mass is 888 g/mol. The summed E-state index contributed by atoms with van der Waals surface area (Å²) in [6.45, 7) is 9.57. The van der Waals surface area contributed by atoms with Crippen LogP contribution in [0.1, 0.15) is 78.1 Å². The lowest BCUT2D eigenvalue weighted by molar-refractivity contribution is 0.394. The predicted molar refractivity (Wildman–Crippen MR) is 283 cm³/mol. The zero-order valence-corrected chi connectivity index (χ0v) is 39.4. The minimum Gasteiger partial charge on any atom is -0.457 e. The standard InChI is InChI=1S/C67H52O2/c1-65(2)59-21-13-11-19-53(59)55-35-23-43(39-61(55)65)45-25-37-57-58-38-26-46(44-24-36-56-54-20-12-14-22-60(54)66(3,4)62(56)40-44)42-64(58)67(63(57)41-45,47-27-31-51(32-28-47)68-49-15-7-5-8-16-49)48-29-33-52(34-30-48)69-50-17-9-6-10-18-50/h5-42,53,59H,1-4H3. The maximum Gasteiger partial charge on any atom is 0.127 e. The van der Waals surface area contributed by atoms with Gasteiger partial charge in [-0.15, -0.1) is 0 Å². The summed E-state index contributed by atoms with van der Waals surface area (Å²) in [5, 5.41) is 0. The Labute approximate surface area is 405 Å². The van der Waals surface area contributed by atoms with Crippen LogP contribution >= 0.6 is 0 Å². The van der Waals surface area contributed by atoms with E-state index in [2.05, 4.69) is 198 Å². The van der Waals surface area contributed by atoms with Gasteiger partial charge in [-0.25, -0.2) is 0 Å². The molecule has 2 nitrogen and oxygen atoms in total. The van der Waals surface area contributed by atoms with Gasteiger partial charge in [-0.2, -0.15) is 0 Å². The van der Waals surface area contributed by atoms with E-state index in [0.717, 1.165) is 34.1 Å². The van der Waals surface area contributed by atoms with Crippen LogP contribution in [0.4, 0.5) is 0 Å². The van der Waals surface area contributed by atoms with Gasteiger partial charge in [-0.05, 0) is 167 Å². The van der Waals surface area contributed by atoms with Gasteiger partial charge < -0.3 is 9.47 Å². The number of rotatable bonds is 8. The molecule has 0 N–H and O–H groups in total. The van der Waals surface area contributed by atoms with Crippen molar-refractivity contribution in [2.45, 2.75) is 49.9 Å². The number of fused-ring (bicyclic) bond motifs is 9. The maximum atomic E-state index is 6.44. The molecule has 4 aliphatic carbocycles. The SMILES string of the molecule is CC1(C)c2ccccc2-c2ccc(-c3ccc4c(c3)C(c3ccc(Oc5ccccc5)cc3)(c3ccc(Oc5ccccc5)cc3)c3cc(-c5ccc6c(c5)C(C)(C)C5C=CC=CC65)ccc3-4)cc21. The summed E-state index contributed by atoms with van der Waals surface area (Å²) in [6, 6.07) is 75.4. The minimum absolute atomic E-state index is 0.00703. The van der Waals surface area contributed by atoms with E-state index in [-0.39, 0.29) is 10.8 Å². The van der Waals surface area contributed by atoms with E-state index in [1.165, 1.54) is 77.9 Å². The van der Waals surface area contributed by atoms with Gasteiger partial charge in [0.25, 0.3) is 0 Å². The molecule has 2 unspecified atom stereocenters. The summed E-state index contributed by atoms with van der Waals surface area (Å²) in [4.78, 5) is 0. The maximum absolute atomic E-state index is 6.44. The van der Waals surface area contributed by atoms with Crippen molar-refractivity contribution < 1.29 is 9.47 Å². The van der Waals surface area contributed by atoms with E-state index in [4.69, 9.17) is 9.47 Å². The largest absolute Gasteiger partial charge is 0.457 e. The minimum atomic E-state index is -0.708. The zero-order valence-electron chi connectivity index (χ0n) is 39.4. The fourth-order valence-corrected chi connectivity index (χ4v) is 12.5. The van der Waals surface area contributed by atoms with Crippen LogP contribution in [0, 0.1) is 5.92 Å². The smallest absolute Gasteiger partial charge is 0.127 e. The number of ether oxygens (including phenoxy) is 2. The molecule has 2 atom stereocenters. The first kappa shape index (κ1) is 41.3. The first-order valence-electron chi connectivity index (χ1n) is 24.4. The van der Waals surface area contributed by atoms with E-state index in [0.29, 0.717) is 11.8 Å². The molecule has 69 heavy (non-hydrogen) atoms. The van der Waals surface area contributed by atoms with E-state index < -0.39 is 5.41 Å². The lowest BCUT2D eigenvalue weighted by atomic mass is 9.67. The Morgan fingerprint density at radius 2 is 0.768 bits per heavy atom. The molecule has 0 aromatic heterocycles. The molecule has 0 saturated carbocycles. The Balaban J connectivity index is 1.02. The third-order valence-electron chi connectivity index (χ3n) is 16.0. The highest BCUT2D eigenvalue weighted by Crippen LogP contribution is 2.59. The first-order chi connectivity index (χ1) is 33.7. The second-order valence-corrected chi connectivity index (χ2v) is 20.4. The Bertz CT molecular complexity index is 3450. The average molecular weight is 889 g/mol. The fourth-order valence-electron chi connectivity index (χ4n) is 12.5. The second-order valence-electron chi connectivity index (χ2n) is 20.4. The third kappa shape index (κ3) is 6.39. The van der Waals surface area contributed by atoms with E-state index in [1.807, 2.05) is 60.7 Å². The molecule has 0 aliphatic heterocycles. The third-order valence-corrected chi connectivity index (χ3v) is 16.0. The average Bonchev–Trinajstić information content (AvgIpc) is 3.91. The van der Waals surface area contributed by atoms with E-state index in [9.17, 15) is 0 Å². The molecule has 2 heteroatoms. The Morgan fingerprint density at radius 3 is 1.32 bits per heavy atom. The van der Waals surface area contributed by atoms with Gasteiger partial charge in [0.1, 0.15) is 23.0 Å². The van der Waals surface area contributed by atoms with Crippen molar-refractivity contribution in [1.82, 2.24) is 0 Å². The molecule has 0 amide bonds. The Morgan fingerprint density at radius 1 is 0.348 bits per heavy atom. The van der Waals surface area contributed by atoms with Crippen LogP contribution < -0.4 is 9.47 Å². The predicted octanol–water partition coefficient (Wildman–Crippen LogP) is 17.4. The van der Waals surface area contributed by atoms with Gasteiger partial charge in [-0.3, -0.25) is 0 Å². The summed E-state index contributed by atoms with van der Waals surface area (Å²) >= 11 is 0. The van der Waals surface area contributed by atoms with Crippen LogP contribution in [-0.2, 0) is 16.2 Å². The summed E-state index contributed by atoms with van der Waals surface area (Å²) in [5.74, 6) is 4.05. The normalized spacial score (nSPS) is 17.8. The summed E-state index contributed by atoms with van der Waals surface area (Å²) < 4.78 is 12.9. The highest BCUT2D eigenvalue weighted by atomic mass is 16.5. The number of para-hydroxylation sites is 2. The molecular formula is C67H52O2. The van der Waals surface area contributed by atoms with Crippen LogP contribution in [0.15, 0.2) is 231 Å². The van der Waals surface area contributed by atoms with Crippen molar-refractivity contribution in [3.63, 3.8) is 0 Å². The molecule has 9 aromatic rings. The highest BCUT2D eigenvalue weighted by Gasteiger charge is 2.48. The van der Waals surface area contributed by atoms with Gasteiger partial charge in [-0.1, -0.05) is 192 Å². The fraction of sp³-hybridized carbons (Fsp3) is 0.134. The molecule has 0 bridgehead atoms. The molecule has 13 rings (SSSR count). The number of hydrogen-bond donors (Lipinski definition) is 0. The molecule has 332 valence electrons. The van der Waals surface area contributed by atoms with Gasteiger partial charge in [0.15, 0.2) is 0 Å². The van der Waals surface area contributed by atoms with Crippen LogP contribution in [0.3, 0.4) is 0 Å². The van der Waals surface area contributed by atoms with Crippen molar-refractivity contribution in [2.24, 2.45) is 5.92 Å². The number of hydrogen-bond acceptors (Lipinski definition) is 2. The van der Waals surface area contributed by atoms with Crippen molar-refractivity contribution in [3.8, 4) is 67.5 Å². The van der Waals surface area contributed by atoms with Crippen molar-refractivity contribution in [1.29, 1.82) is 0 Å². The van der Waals surface area contributed by atoms with Crippen LogP contribution in [0.25, 0.3) is 44.5 Å². The number of benzene rings is 9. The second kappa shape index (κ2) is 15.6. The lowest BCUT2D eigenvalue weighted by Gasteiger charge is -2.34. The van der Waals surface area contributed by atoms with Gasteiger partial charge in [0.05, 0.1) is 5.41 Å². The molecule has 9 aromatic carbocycles. The summed E-state index contributed by atoms with van der Waals surface area (Å²) in [6.07, 6.45) is 9.24. The van der Waals surface area contributed by atoms with Crippen LogP contribution in [0.2, 0.25) is 0 Å². The van der Waals surface area contributed by atoms with Crippen LogP contribution in [0.5, 0.6) is 23.0 Å². The molecular weight excluding hydrogens is 837 g/mol. The van der Waals surface area contributed by atoms with Crippen molar-refractivity contribution >= 4 is 0 Å². The lowest BCUT2D eigenvalue weighted by Crippen LogP contribution is -2.28. The molecule has 0 radical (unpaired) electrons. The zero-order chi connectivity index (χ0) is 46.5. The molecule has 0 saturated heterocycles. The van der Waals surface area contributed by atoms with E-state index >= 15 is 0 Å². The highest BCUT2D eigenvalue weighted by molar-refractivity contribution is 5.91. The quantitative estimate of drug-likeness (QED) is 0.151. The first-order valence-corrected chi connectivity index (χ1v) is 24.4. The Hall–Kier alpha value is -7.94. The molecule has 4 aliphatic rings. The van der Waals surface area contributed by atoms with Crippen LogP contribution in [-0.4, -0.2) is 0 Å². The Kier molecular flexibility index (Phi) is 9.30. The van der Waals surface area contributed by atoms with Gasteiger partial charge >= 0.3 is 0 Å². The van der Waals surface area contributed by atoms with Crippen molar-refractivity contribution in [2.75, 3.05) is 0 Å². The molecule has 0 spiro atoms. The summed E-state index contributed by atoms with van der Waals surface area (Å²) in [5.41, 5.74) is 19.6.